The van der Waals surface area contributed by atoms with Gasteiger partial charge in [0.05, 0.1) is 0 Å². The summed E-state index contributed by atoms with van der Waals surface area (Å²) in [6.07, 6.45) is 3.99. The first-order valence-electron chi connectivity index (χ1n) is 7.71. The number of hydrogen-bond acceptors (Lipinski definition) is 1. The van der Waals surface area contributed by atoms with Gasteiger partial charge in [0.2, 0.25) is 0 Å². The second kappa shape index (κ2) is 5.66. The maximum atomic E-state index is 3.86. The smallest absolute Gasteiger partial charge is 0.0297 e. The van der Waals surface area contributed by atoms with E-state index < -0.39 is 0 Å². The maximum absolute atomic E-state index is 3.86. The molecule has 2 unspecified atom stereocenters. The van der Waals surface area contributed by atoms with Crippen LogP contribution < -0.4 is 5.32 Å². The average molecular weight is 259 g/mol. The van der Waals surface area contributed by atoms with Gasteiger partial charge < -0.3 is 5.32 Å². The Hall–Kier alpha value is -0.820. The van der Waals surface area contributed by atoms with Crippen LogP contribution in [0.4, 0.5) is 0 Å². The molecule has 1 fully saturated rings. The molecule has 0 saturated heterocycles. The quantitative estimate of drug-likeness (QED) is 0.817. The maximum Gasteiger partial charge on any atom is 0.0297 e. The van der Waals surface area contributed by atoms with Gasteiger partial charge in [-0.1, -0.05) is 45.0 Å². The Morgan fingerprint density at radius 1 is 1.26 bits per heavy atom. The monoisotopic (exact) mass is 259 g/mol. The van der Waals surface area contributed by atoms with Crippen LogP contribution in [0.25, 0.3) is 0 Å². The zero-order chi connectivity index (χ0) is 14.0. The number of rotatable bonds is 3. The van der Waals surface area contributed by atoms with E-state index in [0.717, 1.165) is 5.92 Å². The third-order valence-electron chi connectivity index (χ3n) is 4.81. The van der Waals surface area contributed by atoms with Gasteiger partial charge in [0.15, 0.2) is 0 Å². The highest BCUT2D eigenvalue weighted by Crippen LogP contribution is 2.39. The lowest BCUT2D eigenvalue weighted by atomic mass is 9.70. The molecule has 0 aromatic heterocycles. The highest BCUT2D eigenvalue weighted by Gasteiger charge is 2.32. The third kappa shape index (κ3) is 3.60. The van der Waals surface area contributed by atoms with Crippen molar-refractivity contribution in [1.29, 1.82) is 0 Å². The van der Waals surface area contributed by atoms with Gasteiger partial charge in [-0.3, -0.25) is 0 Å². The van der Waals surface area contributed by atoms with Gasteiger partial charge in [-0.2, -0.15) is 0 Å². The molecule has 0 bridgehead atoms. The van der Waals surface area contributed by atoms with E-state index in [-0.39, 0.29) is 0 Å². The average Bonchev–Trinajstić information content (AvgIpc) is 2.32. The molecular weight excluding hydrogens is 230 g/mol. The number of nitrogens with one attached hydrogen (secondary N) is 1. The predicted molar refractivity (Wildman–Crippen MR) is 83.3 cm³/mol. The first-order valence-corrected chi connectivity index (χ1v) is 7.71. The van der Waals surface area contributed by atoms with E-state index in [0.29, 0.717) is 17.5 Å². The summed E-state index contributed by atoms with van der Waals surface area (Å²) in [5.41, 5.74) is 3.37. The van der Waals surface area contributed by atoms with E-state index >= 15 is 0 Å². The molecule has 1 aliphatic carbocycles. The van der Waals surface area contributed by atoms with Crippen molar-refractivity contribution in [3.63, 3.8) is 0 Å². The minimum atomic E-state index is 0.454. The van der Waals surface area contributed by atoms with Crippen molar-refractivity contribution < 1.29 is 0 Å². The third-order valence-corrected chi connectivity index (χ3v) is 4.81. The zero-order valence-electron chi connectivity index (χ0n) is 13.2. The van der Waals surface area contributed by atoms with Crippen LogP contribution in [0.3, 0.4) is 0 Å². The van der Waals surface area contributed by atoms with Crippen LogP contribution in [0.5, 0.6) is 0 Å². The Labute approximate surface area is 118 Å². The van der Waals surface area contributed by atoms with Crippen LogP contribution in [0.2, 0.25) is 0 Å². The van der Waals surface area contributed by atoms with Crippen molar-refractivity contribution >= 4 is 0 Å². The Morgan fingerprint density at radius 3 is 2.58 bits per heavy atom. The van der Waals surface area contributed by atoms with Crippen LogP contribution in [0.15, 0.2) is 24.3 Å². The molecule has 1 nitrogen and oxygen atoms in total. The molecule has 0 spiro atoms. The fourth-order valence-electron chi connectivity index (χ4n) is 3.68. The summed E-state index contributed by atoms with van der Waals surface area (Å²) < 4.78 is 0. The summed E-state index contributed by atoms with van der Waals surface area (Å²) in [4.78, 5) is 0. The molecule has 0 amide bonds. The number of hydrogen-bond donors (Lipinski definition) is 1. The van der Waals surface area contributed by atoms with Gasteiger partial charge in [-0.15, -0.1) is 0 Å². The molecule has 0 radical (unpaired) electrons. The van der Waals surface area contributed by atoms with Gasteiger partial charge in [0.25, 0.3) is 0 Å². The summed E-state index contributed by atoms with van der Waals surface area (Å²) in [7, 11) is 0. The largest absolute Gasteiger partial charge is 0.307 e. The fraction of sp³-hybridized carbons (Fsp3) is 0.667. The molecule has 0 heterocycles. The lowest BCUT2D eigenvalue weighted by Gasteiger charge is -2.41. The summed E-state index contributed by atoms with van der Waals surface area (Å²) in [6, 6.07) is 9.86. The van der Waals surface area contributed by atoms with E-state index in [4.69, 9.17) is 0 Å². The Bertz CT molecular complexity index is 421. The summed E-state index contributed by atoms with van der Waals surface area (Å²) in [6.45, 7) is 11.7. The van der Waals surface area contributed by atoms with Crippen LogP contribution in [-0.2, 0) is 0 Å². The molecule has 1 aromatic rings. The van der Waals surface area contributed by atoms with Gasteiger partial charge in [-0.25, -0.2) is 0 Å². The molecular formula is C18H29N. The second-order valence-electron chi connectivity index (χ2n) is 7.24. The molecule has 1 saturated carbocycles. The van der Waals surface area contributed by atoms with Crippen LogP contribution in [-0.4, -0.2) is 6.04 Å². The van der Waals surface area contributed by atoms with Gasteiger partial charge in [0.1, 0.15) is 0 Å². The number of benzene rings is 1. The second-order valence-corrected chi connectivity index (χ2v) is 7.24. The topological polar surface area (TPSA) is 12.0 Å². The molecule has 2 rings (SSSR count). The molecule has 1 aliphatic rings. The molecule has 1 N–H and O–H groups in total. The molecule has 19 heavy (non-hydrogen) atoms. The van der Waals surface area contributed by atoms with Crippen molar-refractivity contribution in [3.05, 3.63) is 35.4 Å². The first-order chi connectivity index (χ1) is 8.89. The van der Waals surface area contributed by atoms with Crippen molar-refractivity contribution in [3.8, 4) is 0 Å². The van der Waals surface area contributed by atoms with Gasteiger partial charge >= 0.3 is 0 Å². The van der Waals surface area contributed by atoms with E-state index in [9.17, 15) is 0 Å². The minimum absolute atomic E-state index is 0.454. The van der Waals surface area contributed by atoms with Crippen LogP contribution in [0.1, 0.15) is 64.1 Å². The summed E-state index contributed by atoms with van der Waals surface area (Å²) >= 11 is 0. The SMILES string of the molecule is Cc1ccccc1[C@@H](C)NC1CCC(C)(C)CC1C. The standard InChI is InChI=1S/C18H29N/c1-13-8-6-7-9-16(13)15(3)19-17-10-11-18(4,5)12-14(17)2/h6-9,14-15,17,19H,10-12H2,1-5H3/t14?,15-,17?/m1/s1. The number of aryl methyl sites for hydroxylation is 1. The van der Waals surface area contributed by atoms with Crippen LogP contribution in [0, 0.1) is 18.3 Å². The van der Waals surface area contributed by atoms with E-state index in [2.05, 4.69) is 64.2 Å². The highest BCUT2D eigenvalue weighted by atomic mass is 15.0. The first kappa shape index (κ1) is 14.6. The molecule has 1 aromatic carbocycles. The van der Waals surface area contributed by atoms with Crippen LogP contribution >= 0.6 is 0 Å². The van der Waals surface area contributed by atoms with Crippen molar-refractivity contribution in [2.75, 3.05) is 0 Å². The normalized spacial score (nSPS) is 28.1. The molecule has 3 atom stereocenters. The predicted octanol–water partition coefficient (Wildman–Crippen LogP) is 4.86. The van der Waals surface area contributed by atoms with Crippen molar-refractivity contribution in [1.82, 2.24) is 5.32 Å². The zero-order valence-corrected chi connectivity index (χ0v) is 13.2. The Morgan fingerprint density at radius 2 is 1.95 bits per heavy atom. The molecule has 1 heteroatoms. The lowest BCUT2D eigenvalue weighted by Crippen LogP contribution is -2.42. The van der Waals surface area contributed by atoms with E-state index in [1.807, 2.05) is 0 Å². The molecule has 0 aliphatic heterocycles. The van der Waals surface area contributed by atoms with Crippen molar-refractivity contribution in [2.45, 2.75) is 66.0 Å². The van der Waals surface area contributed by atoms with E-state index in [1.165, 1.54) is 30.4 Å². The van der Waals surface area contributed by atoms with Gasteiger partial charge in [-0.05, 0) is 55.6 Å². The Balaban J connectivity index is 2.00. The molecule has 106 valence electrons. The summed E-state index contributed by atoms with van der Waals surface area (Å²) in [5.74, 6) is 0.773. The summed E-state index contributed by atoms with van der Waals surface area (Å²) in [5, 5.41) is 3.86. The Kier molecular flexibility index (Phi) is 4.35. The fourth-order valence-corrected chi connectivity index (χ4v) is 3.68. The highest BCUT2D eigenvalue weighted by molar-refractivity contribution is 5.28. The van der Waals surface area contributed by atoms with E-state index in [1.54, 1.807) is 0 Å². The van der Waals surface area contributed by atoms with Gasteiger partial charge in [0, 0.05) is 12.1 Å². The van der Waals surface area contributed by atoms with Crippen molar-refractivity contribution in [2.24, 2.45) is 11.3 Å². The minimum Gasteiger partial charge on any atom is -0.307 e. The lowest BCUT2D eigenvalue weighted by molar-refractivity contribution is 0.142.